The first-order chi connectivity index (χ1) is 19.1. The molecule has 234 valence electrons. The first kappa shape index (κ1) is 31.0. The lowest BCUT2D eigenvalue weighted by molar-refractivity contribution is -0.203. The fourth-order valence-corrected chi connectivity index (χ4v) is 10.8. The van der Waals surface area contributed by atoms with Gasteiger partial charge < -0.3 is 19.7 Å². The van der Waals surface area contributed by atoms with Gasteiger partial charge in [-0.3, -0.25) is 4.79 Å². The first-order valence-electron chi connectivity index (χ1n) is 15.4. The Kier molecular flexibility index (Phi) is 8.27. The summed E-state index contributed by atoms with van der Waals surface area (Å²) < 4.78 is 60.8. The van der Waals surface area contributed by atoms with E-state index >= 15 is 0 Å². The fraction of sp³-hybridized carbons (Fsp3) is 0.935. The predicted molar refractivity (Wildman–Crippen MR) is 141 cm³/mol. The molecular weight excluding hydrogens is 544 g/mol. The smallest absolute Gasteiger partial charge is 0.401 e. The maximum atomic E-state index is 12.9. The minimum atomic E-state index is -4.55. The predicted octanol–water partition coefficient (Wildman–Crippen LogP) is 5.77. The van der Waals surface area contributed by atoms with Crippen LogP contribution in [0.1, 0.15) is 90.9 Å². The van der Waals surface area contributed by atoms with Crippen LogP contribution in [0.2, 0.25) is 0 Å². The number of rotatable bonds is 8. The zero-order chi connectivity index (χ0) is 29.8. The van der Waals surface area contributed by atoms with Crippen LogP contribution in [0.3, 0.4) is 0 Å². The van der Waals surface area contributed by atoms with E-state index in [0.29, 0.717) is 30.3 Å². The highest BCUT2D eigenvalue weighted by molar-refractivity contribution is 5.74. The van der Waals surface area contributed by atoms with Gasteiger partial charge in [0.05, 0.1) is 13.2 Å². The van der Waals surface area contributed by atoms with Gasteiger partial charge in [-0.15, -0.1) is 0 Å². The maximum absolute atomic E-state index is 12.9. The van der Waals surface area contributed by atoms with Gasteiger partial charge in [0.15, 0.2) is 6.17 Å². The van der Waals surface area contributed by atoms with Crippen LogP contribution in [0.15, 0.2) is 0 Å². The third-order valence-corrected chi connectivity index (χ3v) is 11.5. The van der Waals surface area contributed by atoms with Crippen LogP contribution in [0.25, 0.3) is 0 Å². The van der Waals surface area contributed by atoms with E-state index in [0.717, 1.165) is 77.6 Å². The van der Waals surface area contributed by atoms with Crippen LogP contribution in [0.4, 0.5) is 17.6 Å². The minimum absolute atomic E-state index is 0.0113. The second-order valence-corrected chi connectivity index (χ2v) is 15.3. The molecule has 10 heteroatoms. The second-order valence-electron chi connectivity index (χ2n) is 15.3. The summed E-state index contributed by atoms with van der Waals surface area (Å²) in [4.78, 5) is 23.0. The van der Waals surface area contributed by atoms with Gasteiger partial charge in [-0.1, -0.05) is 0 Å². The van der Waals surface area contributed by atoms with Gasteiger partial charge in [-0.05, 0) is 125 Å². The van der Waals surface area contributed by atoms with Crippen molar-refractivity contribution in [2.75, 3.05) is 26.4 Å². The molecule has 8 aliphatic rings. The Bertz CT molecular complexity index is 968. The number of halogens is 4. The number of carbonyl (C=O) groups is 2. The molecule has 6 atom stereocenters. The number of esters is 2. The molecule has 0 amide bonds. The Balaban J connectivity index is 0.000000166. The molecular formula is C31H46F4O6. The lowest BCUT2D eigenvalue weighted by atomic mass is 9.44. The minimum Gasteiger partial charge on any atom is -0.465 e. The molecule has 8 bridgehead atoms. The third kappa shape index (κ3) is 6.29. The van der Waals surface area contributed by atoms with Gasteiger partial charge in [0.1, 0.15) is 5.92 Å². The SMILES string of the molecule is CC(C(=O)OCC12CC3CC(CC(CO)(C3)C1)C2)C(F)(F)F.CC(F)C(=O)OCC12CC3CC(CC(CO)(C3)C1)C2. The number of carbonyl (C=O) groups excluding carboxylic acids is 2. The van der Waals surface area contributed by atoms with E-state index in [4.69, 9.17) is 9.47 Å². The molecule has 0 aromatic carbocycles. The van der Waals surface area contributed by atoms with Crippen LogP contribution in [-0.4, -0.2) is 60.9 Å². The molecule has 0 saturated heterocycles. The summed E-state index contributed by atoms with van der Waals surface area (Å²) in [7, 11) is 0. The number of hydrogen-bond acceptors (Lipinski definition) is 6. The van der Waals surface area contributed by atoms with Gasteiger partial charge in [0, 0.05) is 24.0 Å². The largest absolute Gasteiger partial charge is 0.465 e. The molecule has 6 nitrogen and oxygen atoms in total. The normalized spacial score (nSPS) is 43.2. The van der Waals surface area contributed by atoms with Crippen molar-refractivity contribution >= 4 is 11.9 Å². The van der Waals surface area contributed by atoms with Crippen molar-refractivity contribution in [3.63, 3.8) is 0 Å². The molecule has 41 heavy (non-hydrogen) atoms. The topological polar surface area (TPSA) is 93.1 Å². The molecule has 0 aromatic heterocycles. The highest BCUT2D eigenvalue weighted by Crippen LogP contribution is 2.66. The van der Waals surface area contributed by atoms with E-state index < -0.39 is 30.2 Å². The monoisotopic (exact) mass is 590 g/mol. The molecule has 0 aliphatic heterocycles. The zero-order valence-electron chi connectivity index (χ0n) is 24.3. The number of aliphatic hydroxyl groups is 2. The summed E-state index contributed by atoms with van der Waals surface area (Å²) in [6, 6.07) is 0. The van der Waals surface area contributed by atoms with Gasteiger partial charge in [-0.25, -0.2) is 9.18 Å². The van der Waals surface area contributed by atoms with E-state index in [2.05, 4.69) is 0 Å². The average molecular weight is 591 g/mol. The number of hydrogen-bond donors (Lipinski definition) is 2. The Morgan fingerprint density at radius 2 is 1.05 bits per heavy atom. The van der Waals surface area contributed by atoms with Crippen LogP contribution in [-0.2, 0) is 19.1 Å². The fourth-order valence-electron chi connectivity index (χ4n) is 10.8. The molecule has 8 saturated carbocycles. The highest BCUT2D eigenvalue weighted by Gasteiger charge is 2.59. The van der Waals surface area contributed by atoms with Crippen molar-refractivity contribution in [1.29, 1.82) is 0 Å². The summed E-state index contributed by atoms with van der Waals surface area (Å²) in [5, 5.41) is 19.5. The number of aliphatic hydroxyl groups excluding tert-OH is 2. The van der Waals surface area contributed by atoms with E-state index in [1.807, 2.05) is 0 Å². The van der Waals surface area contributed by atoms with Crippen molar-refractivity contribution in [3.8, 4) is 0 Å². The molecule has 8 rings (SSSR count). The highest BCUT2D eigenvalue weighted by atomic mass is 19.4. The standard InChI is InChI=1S/C16H23F3O3.C15H23FO3/c1-10(16(17,18)19)13(21)22-9-15-5-11-2-12(6-15)4-14(3-11,7-15)8-20;1-10(16)13(18)19-9-15-5-11-2-12(6-15)4-14(3-11,7-15)8-17/h10-12,20H,2-9H2,1H3;10-12,17H,2-9H2,1H3. The lowest BCUT2D eigenvalue weighted by Crippen LogP contribution is -2.55. The summed E-state index contributed by atoms with van der Waals surface area (Å²) in [6.45, 7) is 2.86. The molecule has 8 fully saturated rings. The molecule has 0 heterocycles. The molecule has 6 unspecified atom stereocenters. The van der Waals surface area contributed by atoms with Gasteiger partial charge >= 0.3 is 18.1 Å². The lowest BCUT2D eigenvalue weighted by Gasteiger charge is -2.61. The van der Waals surface area contributed by atoms with Crippen molar-refractivity contribution in [1.82, 2.24) is 0 Å². The summed E-state index contributed by atoms with van der Waals surface area (Å²) >= 11 is 0. The van der Waals surface area contributed by atoms with Crippen molar-refractivity contribution in [2.45, 2.75) is 103 Å². The Hall–Kier alpha value is -1.42. The summed E-state index contributed by atoms with van der Waals surface area (Å²) in [5.74, 6) is -1.63. The number of alkyl halides is 4. The Morgan fingerprint density at radius 1 is 0.707 bits per heavy atom. The van der Waals surface area contributed by atoms with Crippen molar-refractivity contribution in [3.05, 3.63) is 0 Å². The summed E-state index contributed by atoms with van der Waals surface area (Å²) in [6.07, 6.45) is 6.29. The van der Waals surface area contributed by atoms with Crippen LogP contribution >= 0.6 is 0 Å². The van der Waals surface area contributed by atoms with Crippen LogP contribution in [0.5, 0.6) is 0 Å². The van der Waals surface area contributed by atoms with Crippen LogP contribution < -0.4 is 0 Å². The third-order valence-electron chi connectivity index (χ3n) is 11.5. The van der Waals surface area contributed by atoms with E-state index in [9.17, 15) is 37.4 Å². The van der Waals surface area contributed by atoms with Crippen molar-refractivity contribution in [2.24, 2.45) is 51.2 Å². The van der Waals surface area contributed by atoms with E-state index in [1.165, 1.54) is 13.3 Å². The zero-order valence-corrected chi connectivity index (χ0v) is 24.3. The molecule has 0 spiro atoms. The van der Waals surface area contributed by atoms with Crippen LogP contribution in [0, 0.1) is 51.2 Å². The van der Waals surface area contributed by atoms with Crippen molar-refractivity contribution < 1.29 is 46.8 Å². The Labute approximate surface area is 239 Å². The molecule has 0 radical (unpaired) electrons. The van der Waals surface area contributed by atoms with Gasteiger partial charge in [0.25, 0.3) is 0 Å². The van der Waals surface area contributed by atoms with E-state index in [-0.39, 0.29) is 41.5 Å². The van der Waals surface area contributed by atoms with E-state index in [1.54, 1.807) is 0 Å². The second kappa shape index (κ2) is 10.9. The summed E-state index contributed by atoms with van der Waals surface area (Å²) in [5.41, 5.74) is -0.241. The molecule has 2 N–H and O–H groups in total. The Morgan fingerprint density at radius 3 is 1.37 bits per heavy atom. The van der Waals surface area contributed by atoms with Gasteiger partial charge in [-0.2, -0.15) is 13.2 Å². The number of ether oxygens (including phenoxy) is 2. The molecule has 0 aromatic rings. The molecule has 8 aliphatic carbocycles. The quantitative estimate of drug-likeness (QED) is 0.275. The van der Waals surface area contributed by atoms with Gasteiger partial charge in [0.2, 0.25) is 0 Å². The maximum Gasteiger partial charge on any atom is 0.401 e. The average Bonchev–Trinajstić information content (AvgIpc) is 2.88. The first-order valence-corrected chi connectivity index (χ1v) is 15.4.